The summed E-state index contributed by atoms with van der Waals surface area (Å²) in [4.78, 5) is 48.3. The molecule has 3 rings (SSSR count). The number of hydrazine groups is 1. The number of rotatable bonds is 5. The zero-order chi connectivity index (χ0) is 19.6. The van der Waals surface area contributed by atoms with Crippen molar-refractivity contribution < 1.29 is 19.3 Å². The Morgan fingerprint density at radius 1 is 1.15 bits per heavy atom. The number of halogens is 1. The lowest BCUT2D eigenvalue weighted by atomic mass is 10.2. The molecular weight excluding hydrogens is 420 g/mol. The quantitative estimate of drug-likeness (QED) is 0.422. The summed E-state index contributed by atoms with van der Waals surface area (Å²) < 4.78 is 0.803. The highest BCUT2D eigenvalue weighted by Crippen LogP contribution is 2.24. The zero-order valence-electron chi connectivity index (χ0n) is 13.7. The lowest BCUT2D eigenvalue weighted by molar-refractivity contribution is -0.385. The fourth-order valence-electron chi connectivity index (χ4n) is 2.65. The second kappa shape index (κ2) is 7.64. The molecule has 2 aromatic carbocycles. The van der Waals surface area contributed by atoms with E-state index < -0.39 is 28.7 Å². The number of carbonyl (C=O) groups excluding carboxylic acids is 3. The van der Waals surface area contributed by atoms with Crippen LogP contribution in [0.1, 0.15) is 16.8 Å². The van der Waals surface area contributed by atoms with Crippen LogP contribution in [0.5, 0.6) is 0 Å². The van der Waals surface area contributed by atoms with Crippen molar-refractivity contribution >= 4 is 45.0 Å². The van der Waals surface area contributed by atoms with Crippen LogP contribution in [0.3, 0.4) is 0 Å². The van der Waals surface area contributed by atoms with Crippen LogP contribution in [-0.4, -0.2) is 28.7 Å². The topological polar surface area (TPSA) is 122 Å². The van der Waals surface area contributed by atoms with Crippen LogP contribution in [0, 0.1) is 10.1 Å². The highest BCUT2D eigenvalue weighted by molar-refractivity contribution is 9.10. The van der Waals surface area contributed by atoms with E-state index in [4.69, 9.17) is 0 Å². The lowest BCUT2D eigenvalue weighted by Crippen LogP contribution is -2.48. The fourth-order valence-corrected chi connectivity index (χ4v) is 2.92. The Morgan fingerprint density at radius 3 is 2.48 bits per heavy atom. The Balaban J connectivity index is 1.70. The maximum Gasteiger partial charge on any atom is 0.282 e. The smallest absolute Gasteiger partial charge is 0.282 e. The van der Waals surface area contributed by atoms with Gasteiger partial charge < -0.3 is 0 Å². The summed E-state index contributed by atoms with van der Waals surface area (Å²) in [5.74, 6) is -1.71. The zero-order valence-corrected chi connectivity index (χ0v) is 15.3. The van der Waals surface area contributed by atoms with Crippen molar-refractivity contribution in [2.45, 2.75) is 12.5 Å². The number of benzene rings is 2. The largest absolute Gasteiger partial charge is 0.286 e. The number of anilines is 1. The fraction of sp³-hybridized carbons (Fsp3) is 0.118. The number of nitro groups is 1. The van der Waals surface area contributed by atoms with Crippen LogP contribution < -0.4 is 15.8 Å². The first-order valence-electron chi connectivity index (χ1n) is 7.80. The number of carbonyl (C=O) groups is 3. The highest BCUT2D eigenvalue weighted by Gasteiger charge is 2.39. The van der Waals surface area contributed by atoms with Crippen molar-refractivity contribution in [3.63, 3.8) is 0 Å². The SMILES string of the molecule is O=C(NN[C@H]1CC(=O)N(c2ccc(Br)cc2)C1=O)c1ccccc1[N+](=O)[O-]. The standard InChI is InChI=1S/C17H13BrN4O5/c18-10-5-7-11(8-6-10)21-15(23)9-13(17(21)25)19-20-16(24)12-3-1-2-4-14(12)22(26)27/h1-8,13,19H,9H2,(H,20,24)/t13-/m0/s1. The first kappa shape index (κ1) is 18.7. The van der Waals surface area contributed by atoms with E-state index in [9.17, 15) is 24.5 Å². The van der Waals surface area contributed by atoms with Crippen molar-refractivity contribution in [3.8, 4) is 0 Å². The molecule has 2 aromatic rings. The summed E-state index contributed by atoms with van der Waals surface area (Å²) in [6, 6.07) is 11.1. The molecule has 3 amide bonds. The average molecular weight is 433 g/mol. The van der Waals surface area contributed by atoms with Crippen molar-refractivity contribution in [2.75, 3.05) is 4.90 Å². The van der Waals surface area contributed by atoms with Gasteiger partial charge in [0.05, 0.1) is 17.0 Å². The molecule has 1 atom stereocenters. The molecule has 138 valence electrons. The third-order valence-electron chi connectivity index (χ3n) is 3.94. The van der Waals surface area contributed by atoms with E-state index in [1.165, 1.54) is 24.3 Å². The maximum atomic E-state index is 12.5. The van der Waals surface area contributed by atoms with Gasteiger partial charge >= 0.3 is 0 Å². The third kappa shape index (κ3) is 3.86. The minimum absolute atomic E-state index is 0.147. The van der Waals surface area contributed by atoms with Crippen LogP contribution >= 0.6 is 15.9 Å². The van der Waals surface area contributed by atoms with Crippen LogP contribution in [0.15, 0.2) is 53.0 Å². The van der Waals surface area contributed by atoms with E-state index in [0.717, 1.165) is 9.37 Å². The minimum Gasteiger partial charge on any atom is -0.286 e. The molecule has 0 unspecified atom stereocenters. The summed E-state index contributed by atoms with van der Waals surface area (Å²) in [5.41, 5.74) is 4.67. The van der Waals surface area contributed by atoms with E-state index in [2.05, 4.69) is 26.8 Å². The number of imide groups is 1. The average Bonchev–Trinajstić information content (AvgIpc) is 2.94. The van der Waals surface area contributed by atoms with Crippen molar-refractivity contribution in [3.05, 3.63) is 68.7 Å². The van der Waals surface area contributed by atoms with Gasteiger partial charge in [0.15, 0.2) is 0 Å². The third-order valence-corrected chi connectivity index (χ3v) is 4.47. The van der Waals surface area contributed by atoms with Gasteiger partial charge in [0.2, 0.25) is 5.91 Å². The molecule has 0 saturated carbocycles. The van der Waals surface area contributed by atoms with E-state index in [1.54, 1.807) is 24.3 Å². The number of hydrogen-bond acceptors (Lipinski definition) is 6. The number of nitrogens with zero attached hydrogens (tertiary/aromatic N) is 2. The van der Waals surface area contributed by atoms with Crippen molar-refractivity contribution in [1.82, 2.24) is 10.9 Å². The van der Waals surface area contributed by atoms with Crippen LogP contribution in [0.25, 0.3) is 0 Å². The summed E-state index contributed by atoms with van der Waals surface area (Å²) in [7, 11) is 0. The molecule has 0 spiro atoms. The Hall–Kier alpha value is -3.11. The van der Waals surface area contributed by atoms with E-state index in [-0.39, 0.29) is 17.7 Å². The highest BCUT2D eigenvalue weighted by atomic mass is 79.9. The van der Waals surface area contributed by atoms with Gasteiger partial charge in [-0.05, 0) is 30.3 Å². The van der Waals surface area contributed by atoms with E-state index in [0.29, 0.717) is 5.69 Å². The predicted molar refractivity (Wildman–Crippen MR) is 98.7 cm³/mol. The van der Waals surface area contributed by atoms with Crippen LogP contribution in [0.4, 0.5) is 11.4 Å². The normalized spacial score (nSPS) is 16.5. The molecular formula is C17H13BrN4O5. The number of hydrogen-bond donors (Lipinski definition) is 2. The van der Waals surface area contributed by atoms with Gasteiger partial charge in [-0.3, -0.25) is 29.9 Å². The summed E-state index contributed by atoms with van der Waals surface area (Å²) in [5, 5.41) is 11.0. The Kier molecular flexibility index (Phi) is 5.28. The molecule has 27 heavy (non-hydrogen) atoms. The van der Waals surface area contributed by atoms with E-state index >= 15 is 0 Å². The van der Waals surface area contributed by atoms with Crippen molar-refractivity contribution in [1.29, 1.82) is 0 Å². The summed E-state index contributed by atoms with van der Waals surface area (Å²) in [6.07, 6.45) is -0.147. The lowest BCUT2D eigenvalue weighted by Gasteiger charge is -2.16. The Bertz CT molecular complexity index is 931. The molecule has 0 aliphatic carbocycles. The molecule has 0 radical (unpaired) electrons. The van der Waals surface area contributed by atoms with Gasteiger partial charge in [-0.2, -0.15) is 0 Å². The van der Waals surface area contributed by atoms with Gasteiger partial charge in [-0.15, -0.1) is 0 Å². The molecule has 0 aromatic heterocycles. The Morgan fingerprint density at radius 2 is 1.81 bits per heavy atom. The van der Waals surface area contributed by atoms with Crippen LogP contribution in [0.2, 0.25) is 0 Å². The summed E-state index contributed by atoms with van der Waals surface area (Å²) >= 11 is 3.28. The number of amides is 3. The van der Waals surface area contributed by atoms with Gasteiger partial charge in [0.1, 0.15) is 11.6 Å². The monoisotopic (exact) mass is 432 g/mol. The first-order chi connectivity index (χ1) is 12.9. The second-order valence-corrected chi connectivity index (χ2v) is 6.59. The molecule has 1 aliphatic rings. The first-order valence-corrected chi connectivity index (χ1v) is 8.59. The van der Waals surface area contributed by atoms with E-state index in [1.807, 2.05) is 0 Å². The number of nitro benzene ring substituents is 1. The predicted octanol–water partition coefficient (Wildman–Crippen LogP) is 1.92. The van der Waals surface area contributed by atoms with Gasteiger partial charge in [0.25, 0.3) is 17.5 Å². The molecule has 10 heteroatoms. The van der Waals surface area contributed by atoms with Crippen LogP contribution in [-0.2, 0) is 9.59 Å². The second-order valence-electron chi connectivity index (χ2n) is 5.67. The molecule has 0 bridgehead atoms. The number of para-hydroxylation sites is 1. The molecule has 1 heterocycles. The van der Waals surface area contributed by atoms with Crippen molar-refractivity contribution in [2.24, 2.45) is 0 Å². The van der Waals surface area contributed by atoms with Gasteiger partial charge in [-0.1, -0.05) is 28.1 Å². The Labute approximate surface area is 161 Å². The molecule has 1 fully saturated rings. The maximum absolute atomic E-state index is 12.5. The molecule has 2 N–H and O–H groups in total. The molecule has 1 aliphatic heterocycles. The summed E-state index contributed by atoms with van der Waals surface area (Å²) in [6.45, 7) is 0. The van der Waals surface area contributed by atoms with Gasteiger partial charge in [-0.25, -0.2) is 10.3 Å². The van der Waals surface area contributed by atoms with Gasteiger partial charge in [0, 0.05) is 10.5 Å². The molecule has 9 nitrogen and oxygen atoms in total. The molecule has 1 saturated heterocycles. The minimum atomic E-state index is -0.965. The number of nitrogens with one attached hydrogen (secondary N) is 2.